The Morgan fingerprint density at radius 1 is 1.47 bits per heavy atom. The van der Waals surface area contributed by atoms with Crippen LogP contribution < -0.4 is 5.73 Å². The van der Waals surface area contributed by atoms with Gasteiger partial charge in [0.2, 0.25) is 5.95 Å². The molecule has 2 unspecified atom stereocenters. The highest BCUT2D eigenvalue weighted by Crippen LogP contribution is 2.37. The van der Waals surface area contributed by atoms with Crippen LogP contribution in [0.1, 0.15) is 36.7 Å². The van der Waals surface area contributed by atoms with Gasteiger partial charge in [-0.3, -0.25) is 0 Å². The largest absolute Gasteiger partial charge is 0.505 e. The fourth-order valence-corrected chi connectivity index (χ4v) is 2.77. The van der Waals surface area contributed by atoms with Crippen molar-refractivity contribution < 1.29 is 9.50 Å². The number of nitrogen functional groups attached to an aromatic ring is 1. The van der Waals surface area contributed by atoms with E-state index in [9.17, 15) is 9.50 Å². The monoisotopic (exact) mass is 262 g/mol. The third-order valence-corrected chi connectivity index (χ3v) is 3.77. The number of nitrogens with two attached hydrogens (primary N) is 1. The van der Waals surface area contributed by atoms with Gasteiger partial charge in [0, 0.05) is 12.3 Å². The third-order valence-electron chi connectivity index (χ3n) is 3.77. The topological polar surface area (TPSA) is 77.0 Å². The van der Waals surface area contributed by atoms with E-state index in [-0.39, 0.29) is 23.7 Å². The highest BCUT2D eigenvalue weighted by molar-refractivity contribution is 5.31. The molecule has 1 aromatic carbocycles. The molecule has 0 amide bonds. The number of aromatic hydroxyl groups is 1. The Morgan fingerprint density at radius 2 is 2.26 bits per heavy atom. The summed E-state index contributed by atoms with van der Waals surface area (Å²) in [6, 6.07) is 4.60. The first-order chi connectivity index (χ1) is 9.06. The average molecular weight is 262 g/mol. The molecule has 0 saturated heterocycles. The van der Waals surface area contributed by atoms with Crippen molar-refractivity contribution in [3.05, 3.63) is 35.4 Å². The molecule has 3 N–H and O–H groups in total. The molecule has 2 atom stereocenters. The second-order valence-electron chi connectivity index (χ2n) is 4.93. The molecular weight excluding hydrogens is 247 g/mol. The molecular formula is C13H15FN4O. The molecule has 5 nitrogen and oxygen atoms in total. The molecule has 1 aromatic heterocycles. The van der Waals surface area contributed by atoms with Gasteiger partial charge in [0.15, 0.2) is 11.6 Å². The maximum atomic E-state index is 13.5. The van der Waals surface area contributed by atoms with Gasteiger partial charge in [0.1, 0.15) is 5.82 Å². The fourth-order valence-electron chi connectivity index (χ4n) is 2.77. The average Bonchev–Trinajstić information content (AvgIpc) is 2.75. The summed E-state index contributed by atoms with van der Waals surface area (Å²) in [4.78, 5) is 4.18. The van der Waals surface area contributed by atoms with E-state index in [1.165, 1.54) is 12.1 Å². The summed E-state index contributed by atoms with van der Waals surface area (Å²) >= 11 is 0. The fraction of sp³-hybridized carbons (Fsp3) is 0.385. The number of halogens is 1. The maximum Gasteiger partial charge on any atom is 0.239 e. The Kier molecular flexibility index (Phi) is 2.66. The minimum absolute atomic E-state index is 0.0671. The van der Waals surface area contributed by atoms with Gasteiger partial charge in [-0.2, -0.15) is 4.98 Å². The zero-order valence-electron chi connectivity index (χ0n) is 10.5. The van der Waals surface area contributed by atoms with E-state index in [0.29, 0.717) is 0 Å². The molecule has 19 heavy (non-hydrogen) atoms. The summed E-state index contributed by atoms with van der Waals surface area (Å²) in [5, 5.41) is 13.4. The van der Waals surface area contributed by atoms with Gasteiger partial charge in [0.25, 0.3) is 0 Å². The van der Waals surface area contributed by atoms with Gasteiger partial charge in [0.05, 0.1) is 6.04 Å². The van der Waals surface area contributed by atoms with E-state index in [1.807, 2.05) is 11.6 Å². The van der Waals surface area contributed by atoms with Gasteiger partial charge in [-0.05, 0) is 31.0 Å². The molecule has 3 rings (SSSR count). The first-order valence-electron chi connectivity index (χ1n) is 6.25. The Hall–Kier alpha value is -2.11. The van der Waals surface area contributed by atoms with E-state index in [2.05, 4.69) is 10.1 Å². The van der Waals surface area contributed by atoms with Gasteiger partial charge < -0.3 is 10.8 Å². The highest BCUT2D eigenvalue weighted by atomic mass is 19.1. The molecule has 2 heterocycles. The maximum absolute atomic E-state index is 13.5. The summed E-state index contributed by atoms with van der Waals surface area (Å²) in [7, 11) is 0. The summed E-state index contributed by atoms with van der Waals surface area (Å²) in [6.45, 7) is 2.02. The molecule has 0 bridgehead atoms. The summed E-state index contributed by atoms with van der Waals surface area (Å²) < 4.78 is 15.3. The Morgan fingerprint density at radius 3 is 3.00 bits per heavy atom. The van der Waals surface area contributed by atoms with Crippen molar-refractivity contribution >= 4 is 5.95 Å². The van der Waals surface area contributed by atoms with Crippen molar-refractivity contribution in [2.24, 2.45) is 0 Å². The zero-order chi connectivity index (χ0) is 13.6. The SMILES string of the molecule is CC1C(c2ccc(O)c(F)c2)CCc2nc(N)nn21. The van der Waals surface area contributed by atoms with Gasteiger partial charge >= 0.3 is 0 Å². The number of benzene rings is 1. The van der Waals surface area contributed by atoms with Crippen LogP contribution in [0.3, 0.4) is 0 Å². The third kappa shape index (κ3) is 1.93. The lowest BCUT2D eigenvalue weighted by Gasteiger charge is -2.29. The lowest BCUT2D eigenvalue weighted by atomic mass is 9.86. The van der Waals surface area contributed by atoms with Crippen LogP contribution in [0.4, 0.5) is 10.3 Å². The number of hydrogen-bond donors (Lipinski definition) is 2. The Balaban J connectivity index is 1.97. The summed E-state index contributed by atoms with van der Waals surface area (Å²) in [5.74, 6) is 0.384. The number of hydrogen-bond acceptors (Lipinski definition) is 4. The van der Waals surface area contributed by atoms with Gasteiger partial charge in [-0.15, -0.1) is 5.10 Å². The minimum Gasteiger partial charge on any atom is -0.505 e. The van der Waals surface area contributed by atoms with Crippen LogP contribution in [-0.4, -0.2) is 19.9 Å². The highest BCUT2D eigenvalue weighted by Gasteiger charge is 2.29. The van der Waals surface area contributed by atoms with Gasteiger partial charge in [-0.25, -0.2) is 9.07 Å². The Labute approximate surface area is 109 Å². The molecule has 0 fully saturated rings. The molecule has 100 valence electrons. The van der Waals surface area contributed by atoms with Crippen LogP contribution in [0.5, 0.6) is 5.75 Å². The van der Waals surface area contributed by atoms with E-state index in [1.54, 1.807) is 6.07 Å². The summed E-state index contributed by atoms with van der Waals surface area (Å²) in [5.41, 5.74) is 6.48. The number of fused-ring (bicyclic) bond motifs is 1. The number of phenols is 1. The van der Waals surface area contributed by atoms with Crippen molar-refractivity contribution in [1.29, 1.82) is 0 Å². The number of phenolic OH excluding ortho intramolecular Hbond substituents is 1. The number of aryl methyl sites for hydroxylation is 1. The van der Waals surface area contributed by atoms with E-state index in [4.69, 9.17) is 5.73 Å². The lowest BCUT2D eigenvalue weighted by Crippen LogP contribution is -2.24. The van der Waals surface area contributed by atoms with Crippen molar-refractivity contribution in [3.63, 3.8) is 0 Å². The minimum atomic E-state index is -0.589. The second kappa shape index (κ2) is 4.22. The number of rotatable bonds is 1. The predicted octanol–water partition coefficient (Wildman–Crippen LogP) is 2.00. The Bertz CT molecular complexity index is 625. The first-order valence-corrected chi connectivity index (χ1v) is 6.25. The van der Waals surface area contributed by atoms with E-state index >= 15 is 0 Å². The van der Waals surface area contributed by atoms with E-state index in [0.717, 1.165) is 24.2 Å². The molecule has 6 heteroatoms. The van der Waals surface area contributed by atoms with Crippen molar-refractivity contribution in [1.82, 2.24) is 14.8 Å². The standard InChI is InChI=1S/C13H15FN4O/c1-7-9(8-2-4-11(19)10(14)6-8)3-5-12-16-13(15)17-18(7)12/h2,4,6-7,9,19H,3,5H2,1H3,(H2,15,17). The smallest absolute Gasteiger partial charge is 0.239 e. The molecule has 1 aliphatic heterocycles. The predicted molar refractivity (Wildman–Crippen MR) is 68.3 cm³/mol. The molecule has 0 saturated carbocycles. The molecule has 0 radical (unpaired) electrons. The van der Waals surface area contributed by atoms with Crippen molar-refractivity contribution in [2.75, 3.05) is 5.73 Å². The van der Waals surface area contributed by atoms with Crippen LogP contribution in [0.15, 0.2) is 18.2 Å². The van der Waals surface area contributed by atoms with Crippen LogP contribution >= 0.6 is 0 Å². The molecule has 0 aliphatic carbocycles. The second-order valence-corrected chi connectivity index (χ2v) is 4.93. The van der Waals surface area contributed by atoms with Gasteiger partial charge in [-0.1, -0.05) is 6.07 Å². The normalized spacial score (nSPS) is 22.2. The molecule has 0 spiro atoms. The van der Waals surface area contributed by atoms with Crippen LogP contribution in [0.25, 0.3) is 0 Å². The number of anilines is 1. The molecule has 1 aliphatic rings. The van der Waals surface area contributed by atoms with Crippen molar-refractivity contribution in [2.45, 2.75) is 31.7 Å². The quantitative estimate of drug-likeness (QED) is 0.824. The number of aromatic nitrogens is 3. The lowest BCUT2D eigenvalue weighted by molar-refractivity contribution is 0.337. The first kappa shape index (κ1) is 12.0. The number of nitrogens with zero attached hydrogens (tertiary/aromatic N) is 3. The molecule has 2 aromatic rings. The zero-order valence-corrected chi connectivity index (χ0v) is 10.5. The van der Waals surface area contributed by atoms with E-state index < -0.39 is 5.82 Å². The van der Waals surface area contributed by atoms with Crippen molar-refractivity contribution in [3.8, 4) is 5.75 Å². The van der Waals surface area contributed by atoms with Crippen LogP contribution in [0.2, 0.25) is 0 Å². The van der Waals surface area contributed by atoms with Crippen LogP contribution in [0, 0.1) is 5.82 Å². The van der Waals surface area contributed by atoms with Crippen LogP contribution in [-0.2, 0) is 6.42 Å². The summed E-state index contributed by atoms with van der Waals surface area (Å²) in [6.07, 6.45) is 1.63.